The van der Waals surface area contributed by atoms with Crippen LogP contribution in [0.3, 0.4) is 0 Å². The van der Waals surface area contributed by atoms with Crippen LogP contribution in [0.1, 0.15) is 19.8 Å². The van der Waals surface area contributed by atoms with Crippen LogP contribution in [0.5, 0.6) is 0 Å². The zero-order chi connectivity index (χ0) is 15.0. The lowest BCUT2D eigenvalue weighted by Gasteiger charge is -2.14. The van der Waals surface area contributed by atoms with Gasteiger partial charge >= 0.3 is 0 Å². The van der Waals surface area contributed by atoms with Gasteiger partial charge in [-0.05, 0) is 30.3 Å². The summed E-state index contributed by atoms with van der Waals surface area (Å²) in [5.74, 6) is -0.591. The smallest absolute Gasteiger partial charge is 0.230 e. The summed E-state index contributed by atoms with van der Waals surface area (Å²) < 4.78 is 32.1. The first-order chi connectivity index (χ1) is 9.56. The van der Waals surface area contributed by atoms with Gasteiger partial charge in [0.1, 0.15) is 11.9 Å². The number of thioether (sulfide) groups is 1. The summed E-state index contributed by atoms with van der Waals surface area (Å²) in [5.41, 5.74) is 0. The normalized spacial score (nSPS) is 14.0. The Morgan fingerprint density at radius 2 is 2.15 bits per heavy atom. The monoisotopic (exact) mass is 304 g/mol. The highest BCUT2D eigenvalue weighted by atomic mass is 32.2. The fraction of sp³-hybridized carbons (Fsp3) is 0.500. The number of hydrogen-bond acceptors (Lipinski definition) is 4. The van der Waals surface area contributed by atoms with Gasteiger partial charge in [0.2, 0.25) is 5.12 Å². The Hall–Kier alpha value is -0.980. The number of halogens is 2. The van der Waals surface area contributed by atoms with E-state index in [1.807, 2.05) is 6.92 Å². The molecule has 2 atom stereocenters. The highest BCUT2D eigenvalue weighted by molar-refractivity contribution is 8.13. The average molecular weight is 304 g/mol. The van der Waals surface area contributed by atoms with Gasteiger partial charge in [0.25, 0.3) is 0 Å². The Kier molecular flexibility index (Phi) is 7.72. The third-order valence-corrected chi connectivity index (χ3v) is 3.52. The van der Waals surface area contributed by atoms with Crippen LogP contribution in [0.4, 0.5) is 8.78 Å². The molecule has 0 saturated carbocycles. The number of carbonyl (C=O) groups is 1. The van der Waals surface area contributed by atoms with Crippen molar-refractivity contribution in [2.24, 2.45) is 0 Å². The van der Waals surface area contributed by atoms with Crippen molar-refractivity contribution < 1.29 is 23.4 Å². The second kappa shape index (κ2) is 9.05. The van der Waals surface area contributed by atoms with Gasteiger partial charge in [0.15, 0.2) is 6.17 Å². The molecule has 0 radical (unpaired) electrons. The number of aliphatic hydroxyl groups is 1. The summed E-state index contributed by atoms with van der Waals surface area (Å²) in [7, 11) is 0. The minimum atomic E-state index is -2.10. The molecule has 0 aromatic heterocycles. The number of aliphatic hydroxyl groups excluding tert-OH is 1. The summed E-state index contributed by atoms with van der Waals surface area (Å²) >= 11 is 0.446. The Bertz CT molecular complexity index is 429. The van der Waals surface area contributed by atoms with E-state index in [9.17, 15) is 18.7 Å². The number of ether oxygens (including phenoxy) is 1. The van der Waals surface area contributed by atoms with Gasteiger partial charge in [0.05, 0.1) is 11.5 Å². The van der Waals surface area contributed by atoms with E-state index in [0.29, 0.717) is 18.4 Å². The second-order valence-electron chi connectivity index (χ2n) is 4.25. The van der Waals surface area contributed by atoms with Crippen molar-refractivity contribution in [3.05, 3.63) is 30.1 Å². The second-order valence-corrected chi connectivity index (χ2v) is 5.30. The topological polar surface area (TPSA) is 46.5 Å². The van der Waals surface area contributed by atoms with Crippen molar-refractivity contribution >= 4 is 16.9 Å². The molecule has 0 amide bonds. The van der Waals surface area contributed by atoms with Gasteiger partial charge in [-0.2, -0.15) is 0 Å². The van der Waals surface area contributed by atoms with Crippen LogP contribution in [0, 0.1) is 5.82 Å². The highest BCUT2D eigenvalue weighted by Gasteiger charge is 2.27. The van der Waals surface area contributed by atoms with E-state index in [4.69, 9.17) is 4.74 Å². The van der Waals surface area contributed by atoms with E-state index in [1.165, 1.54) is 18.2 Å². The molecule has 0 heterocycles. The van der Waals surface area contributed by atoms with Crippen molar-refractivity contribution in [3.63, 3.8) is 0 Å². The van der Waals surface area contributed by atoms with Crippen LogP contribution in [0.15, 0.2) is 29.2 Å². The largest absolute Gasteiger partial charge is 0.387 e. The molecule has 0 fully saturated rings. The number of alkyl halides is 1. The molecule has 0 spiro atoms. The molecule has 0 unspecified atom stereocenters. The number of hydrogen-bond donors (Lipinski definition) is 1. The number of benzene rings is 1. The summed E-state index contributed by atoms with van der Waals surface area (Å²) in [6, 6.07) is 5.60. The molecule has 1 rings (SSSR count). The van der Waals surface area contributed by atoms with Gasteiger partial charge < -0.3 is 9.84 Å². The maximum absolute atomic E-state index is 13.7. The first kappa shape index (κ1) is 17.1. The lowest BCUT2D eigenvalue weighted by atomic mass is 10.2. The molecule has 0 aliphatic heterocycles. The molecular weight excluding hydrogens is 286 g/mol. The predicted molar refractivity (Wildman–Crippen MR) is 73.9 cm³/mol. The molecule has 112 valence electrons. The number of unbranched alkanes of at least 4 members (excludes halogenated alkanes) is 1. The Morgan fingerprint density at radius 3 is 2.80 bits per heavy atom. The lowest BCUT2D eigenvalue weighted by molar-refractivity contribution is -0.120. The van der Waals surface area contributed by atoms with E-state index in [1.54, 1.807) is 6.07 Å². The standard InChI is InChI=1S/C14H18F2O3S/c1-2-3-8-19-9-11(17)13(16)14(18)20-12-7-5-4-6-10(12)15/h4-7,11,13,17H,2-3,8-9H2,1H3/t11-,13-/m0/s1. The Morgan fingerprint density at radius 1 is 1.45 bits per heavy atom. The maximum Gasteiger partial charge on any atom is 0.230 e. The fourth-order valence-electron chi connectivity index (χ4n) is 1.38. The van der Waals surface area contributed by atoms with Crippen LogP contribution < -0.4 is 0 Å². The third-order valence-electron chi connectivity index (χ3n) is 2.54. The molecule has 0 aliphatic carbocycles. The number of rotatable bonds is 8. The summed E-state index contributed by atoms with van der Waals surface area (Å²) in [6.07, 6.45) is -1.89. The maximum atomic E-state index is 13.7. The van der Waals surface area contributed by atoms with Crippen LogP contribution in [0.2, 0.25) is 0 Å². The van der Waals surface area contributed by atoms with Gasteiger partial charge in [-0.1, -0.05) is 25.5 Å². The van der Waals surface area contributed by atoms with Gasteiger partial charge in [-0.15, -0.1) is 0 Å². The van der Waals surface area contributed by atoms with Crippen molar-refractivity contribution in [2.75, 3.05) is 13.2 Å². The van der Waals surface area contributed by atoms with Crippen molar-refractivity contribution in [2.45, 2.75) is 36.9 Å². The molecule has 1 aromatic carbocycles. The average Bonchev–Trinajstić information content (AvgIpc) is 2.45. The zero-order valence-corrected chi connectivity index (χ0v) is 12.0. The van der Waals surface area contributed by atoms with E-state index >= 15 is 0 Å². The van der Waals surface area contributed by atoms with Gasteiger partial charge in [0, 0.05) is 6.61 Å². The first-order valence-corrected chi connectivity index (χ1v) is 7.24. The zero-order valence-electron chi connectivity index (χ0n) is 11.2. The van der Waals surface area contributed by atoms with E-state index in [2.05, 4.69) is 0 Å². The van der Waals surface area contributed by atoms with Crippen LogP contribution >= 0.6 is 11.8 Å². The third kappa shape index (κ3) is 5.56. The highest BCUT2D eigenvalue weighted by Crippen LogP contribution is 2.25. The van der Waals surface area contributed by atoms with Crippen molar-refractivity contribution in [3.8, 4) is 0 Å². The molecule has 0 saturated heterocycles. The summed E-state index contributed by atoms with van der Waals surface area (Å²) in [6.45, 7) is 2.14. The molecule has 20 heavy (non-hydrogen) atoms. The van der Waals surface area contributed by atoms with E-state index in [0.717, 1.165) is 12.8 Å². The summed E-state index contributed by atoms with van der Waals surface area (Å²) in [4.78, 5) is 11.6. The molecular formula is C14H18F2O3S. The van der Waals surface area contributed by atoms with Crippen LogP contribution in [0.25, 0.3) is 0 Å². The Labute approximate surface area is 121 Å². The molecule has 0 aliphatic rings. The van der Waals surface area contributed by atoms with Gasteiger partial charge in [-0.3, -0.25) is 4.79 Å². The minimum absolute atomic E-state index is 0.0410. The molecule has 3 nitrogen and oxygen atoms in total. The molecule has 1 N–H and O–H groups in total. The quantitative estimate of drug-likeness (QED) is 0.592. The minimum Gasteiger partial charge on any atom is -0.387 e. The van der Waals surface area contributed by atoms with E-state index in [-0.39, 0.29) is 11.5 Å². The SMILES string of the molecule is CCCCOC[C@H](O)[C@H](F)C(=O)Sc1ccccc1F. The number of carbonyl (C=O) groups excluding carboxylic acids is 1. The van der Waals surface area contributed by atoms with Crippen molar-refractivity contribution in [1.82, 2.24) is 0 Å². The van der Waals surface area contributed by atoms with Crippen LogP contribution in [-0.2, 0) is 9.53 Å². The van der Waals surface area contributed by atoms with Crippen molar-refractivity contribution in [1.29, 1.82) is 0 Å². The lowest BCUT2D eigenvalue weighted by Crippen LogP contribution is -2.32. The van der Waals surface area contributed by atoms with Crippen LogP contribution in [-0.4, -0.2) is 35.7 Å². The summed E-state index contributed by atoms with van der Waals surface area (Å²) in [5, 5.41) is 8.58. The molecule has 1 aromatic rings. The van der Waals surface area contributed by atoms with Gasteiger partial charge in [-0.25, -0.2) is 8.78 Å². The molecule has 6 heteroatoms. The first-order valence-electron chi connectivity index (χ1n) is 6.42. The molecule has 0 bridgehead atoms. The Balaban J connectivity index is 2.44. The van der Waals surface area contributed by atoms with E-state index < -0.39 is 23.2 Å². The fourth-order valence-corrected chi connectivity index (χ4v) is 2.18. The predicted octanol–water partition coefficient (Wildman–Crippen LogP) is 2.96.